The first-order valence-corrected chi connectivity index (χ1v) is 6.17. The highest BCUT2D eigenvalue weighted by atomic mass is 19.2. The SMILES string of the molecule is N[C@@H]1CCC[C@H]1CC(=O)Nc1cc(F)c(F)cc1F. The van der Waals surface area contributed by atoms with Gasteiger partial charge in [0.05, 0.1) is 5.69 Å². The predicted octanol–water partition coefficient (Wildman–Crippen LogP) is 2.56. The molecule has 2 rings (SSSR count). The Morgan fingerprint density at radius 1 is 1.21 bits per heavy atom. The van der Waals surface area contributed by atoms with Crippen LogP contribution in [-0.4, -0.2) is 11.9 Å². The largest absolute Gasteiger partial charge is 0.327 e. The maximum atomic E-state index is 13.3. The molecular formula is C13H15F3N2O. The number of anilines is 1. The monoisotopic (exact) mass is 272 g/mol. The highest BCUT2D eigenvalue weighted by Crippen LogP contribution is 2.27. The van der Waals surface area contributed by atoms with E-state index in [1.54, 1.807) is 0 Å². The molecule has 3 nitrogen and oxygen atoms in total. The van der Waals surface area contributed by atoms with Crippen molar-refractivity contribution in [3.8, 4) is 0 Å². The van der Waals surface area contributed by atoms with Crippen molar-refractivity contribution in [2.24, 2.45) is 11.7 Å². The second-order valence-corrected chi connectivity index (χ2v) is 4.85. The normalized spacial score (nSPS) is 22.5. The van der Waals surface area contributed by atoms with Crippen molar-refractivity contribution in [3.05, 3.63) is 29.6 Å². The number of halogens is 3. The molecule has 1 aromatic carbocycles. The summed E-state index contributed by atoms with van der Waals surface area (Å²) in [5.74, 6) is -3.86. The second-order valence-electron chi connectivity index (χ2n) is 4.85. The molecule has 0 saturated heterocycles. The summed E-state index contributed by atoms with van der Waals surface area (Å²) in [6, 6.07) is 1.02. The van der Waals surface area contributed by atoms with E-state index in [9.17, 15) is 18.0 Å². The van der Waals surface area contributed by atoms with E-state index in [2.05, 4.69) is 5.32 Å². The van der Waals surface area contributed by atoms with Gasteiger partial charge in [-0.2, -0.15) is 0 Å². The van der Waals surface area contributed by atoms with Crippen LogP contribution in [0.4, 0.5) is 18.9 Å². The third kappa shape index (κ3) is 3.26. The van der Waals surface area contributed by atoms with Gasteiger partial charge in [0.2, 0.25) is 5.91 Å². The van der Waals surface area contributed by atoms with Gasteiger partial charge in [0, 0.05) is 24.6 Å². The number of carbonyl (C=O) groups is 1. The molecule has 3 N–H and O–H groups in total. The van der Waals surface area contributed by atoms with Gasteiger partial charge in [0.15, 0.2) is 11.6 Å². The third-order valence-corrected chi connectivity index (χ3v) is 3.45. The highest BCUT2D eigenvalue weighted by Gasteiger charge is 2.26. The van der Waals surface area contributed by atoms with Gasteiger partial charge in [-0.1, -0.05) is 6.42 Å². The molecule has 104 valence electrons. The van der Waals surface area contributed by atoms with Crippen LogP contribution < -0.4 is 11.1 Å². The Balaban J connectivity index is 2.01. The van der Waals surface area contributed by atoms with Gasteiger partial charge in [-0.15, -0.1) is 0 Å². The zero-order valence-corrected chi connectivity index (χ0v) is 10.3. The highest BCUT2D eigenvalue weighted by molar-refractivity contribution is 5.91. The first kappa shape index (κ1) is 13.9. The summed E-state index contributed by atoms with van der Waals surface area (Å²) in [7, 11) is 0. The summed E-state index contributed by atoms with van der Waals surface area (Å²) in [4.78, 5) is 11.7. The number of rotatable bonds is 3. The van der Waals surface area contributed by atoms with Gasteiger partial charge in [0.25, 0.3) is 0 Å². The maximum absolute atomic E-state index is 13.3. The number of hydrogen-bond acceptors (Lipinski definition) is 2. The van der Waals surface area contributed by atoms with Gasteiger partial charge in [-0.25, -0.2) is 13.2 Å². The summed E-state index contributed by atoms with van der Waals surface area (Å²) in [6.07, 6.45) is 2.87. The Morgan fingerprint density at radius 2 is 1.89 bits per heavy atom. The molecule has 1 amide bonds. The fourth-order valence-corrected chi connectivity index (χ4v) is 2.38. The van der Waals surface area contributed by atoms with Crippen LogP contribution in [0.25, 0.3) is 0 Å². The van der Waals surface area contributed by atoms with E-state index in [0.717, 1.165) is 19.3 Å². The van der Waals surface area contributed by atoms with Crippen LogP contribution in [0.1, 0.15) is 25.7 Å². The van der Waals surface area contributed by atoms with Crippen molar-refractivity contribution in [2.45, 2.75) is 31.7 Å². The molecule has 1 aliphatic carbocycles. The first-order chi connectivity index (χ1) is 8.97. The van der Waals surface area contributed by atoms with Crippen LogP contribution in [-0.2, 0) is 4.79 Å². The van der Waals surface area contributed by atoms with Crippen molar-refractivity contribution in [2.75, 3.05) is 5.32 Å². The van der Waals surface area contributed by atoms with E-state index >= 15 is 0 Å². The van der Waals surface area contributed by atoms with Crippen molar-refractivity contribution < 1.29 is 18.0 Å². The minimum Gasteiger partial charge on any atom is -0.327 e. The van der Waals surface area contributed by atoms with Gasteiger partial charge in [0.1, 0.15) is 5.82 Å². The van der Waals surface area contributed by atoms with Crippen LogP contribution >= 0.6 is 0 Å². The van der Waals surface area contributed by atoms with Crippen LogP contribution in [0.5, 0.6) is 0 Å². The molecule has 2 atom stereocenters. The number of carbonyl (C=O) groups excluding carboxylic acids is 1. The van der Waals surface area contributed by atoms with E-state index in [4.69, 9.17) is 5.73 Å². The summed E-state index contributed by atoms with van der Waals surface area (Å²) in [6.45, 7) is 0. The molecule has 1 aliphatic rings. The van der Waals surface area contributed by atoms with Crippen LogP contribution in [0.3, 0.4) is 0 Å². The molecule has 0 bridgehead atoms. The minimum atomic E-state index is -1.28. The zero-order valence-electron chi connectivity index (χ0n) is 10.3. The lowest BCUT2D eigenvalue weighted by atomic mass is 10.00. The van der Waals surface area contributed by atoms with E-state index in [1.807, 2.05) is 0 Å². The average molecular weight is 272 g/mol. The predicted molar refractivity (Wildman–Crippen MR) is 64.9 cm³/mol. The van der Waals surface area contributed by atoms with Crippen LogP contribution in [0.15, 0.2) is 12.1 Å². The van der Waals surface area contributed by atoms with Crippen molar-refractivity contribution >= 4 is 11.6 Å². The van der Waals surface area contributed by atoms with E-state index in [1.165, 1.54) is 0 Å². The van der Waals surface area contributed by atoms with Crippen LogP contribution in [0, 0.1) is 23.4 Å². The summed E-state index contributed by atoms with van der Waals surface area (Å²) >= 11 is 0. The molecule has 0 heterocycles. The quantitative estimate of drug-likeness (QED) is 0.831. The Bertz CT molecular complexity index is 493. The molecule has 1 saturated carbocycles. The minimum absolute atomic E-state index is 0.0273. The zero-order chi connectivity index (χ0) is 14.0. The molecule has 0 aromatic heterocycles. The standard InChI is InChI=1S/C13H15F3N2O/c14-8-5-10(16)12(6-9(8)15)18-13(19)4-7-2-1-3-11(7)17/h5-7,11H,1-4,17H2,(H,18,19)/t7-,11+/m0/s1. The number of nitrogens with two attached hydrogens (primary N) is 1. The molecule has 0 unspecified atom stereocenters. The number of hydrogen-bond donors (Lipinski definition) is 2. The molecule has 19 heavy (non-hydrogen) atoms. The Hall–Kier alpha value is -1.56. The lowest BCUT2D eigenvalue weighted by Crippen LogP contribution is -2.28. The first-order valence-electron chi connectivity index (χ1n) is 6.17. The average Bonchev–Trinajstić information content (AvgIpc) is 2.72. The van der Waals surface area contributed by atoms with Gasteiger partial charge < -0.3 is 11.1 Å². The van der Waals surface area contributed by atoms with E-state index in [0.29, 0.717) is 12.1 Å². The summed E-state index contributed by atoms with van der Waals surface area (Å²) in [5.41, 5.74) is 5.48. The molecular weight excluding hydrogens is 257 g/mol. The van der Waals surface area contributed by atoms with Crippen molar-refractivity contribution in [1.29, 1.82) is 0 Å². The lowest BCUT2D eigenvalue weighted by Gasteiger charge is -2.15. The fourth-order valence-electron chi connectivity index (χ4n) is 2.38. The topological polar surface area (TPSA) is 55.1 Å². The molecule has 0 aliphatic heterocycles. The number of benzene rings is 1. The number of amides is 1. The van der Waals surface area contributed by atoms with E-state index < -0.39 is 23.4 Å². The molecule has 0 radical (unpaired) electrons. The van der Waals surface area contributed by atoms with E-state index in [-0.39, 0.29) is 24.1 Å². The molecule has 1 fully saturated rings. The third-order valence-electron chi connectivity index (χ3n) is 3.45. The number of nitrogens with one attached hydrogen (secondary N) is 1. The summed E-state index contributed by atoms with van der Waals surface area (Å²) in [5, 5.41) is 2.25. The van der Waals surface area contributed by atoms with Gasteiger partial charge in [-0.3, -0.25) is 4.79 Å². The fraction of sp³-hybridized carbons (Fsp3) is 0.462. The molecule has 0 spiro atoms. The lowest BCUT2D eigenvalue weighted by molar-refractivity contribution is -0.117. The maximum Gasteiger partial charge on any atom is 0.224 e. The van der Waals surface area contributed by atoms with Crippen molar-refractivity contribution in [3.63, 3.8) is 0 Å². The van der Waals surface area contributed by atoms with Crippen molar-refractivity contribution in [1.82, 2.24) is 0 Å². The molecule has 1 aromatic rings. The second kappa shape index (κ2) is 5.61. The van der Waals surface area contributed by atoms with Gasteiger partial charge >= 0.3 is 0 Å². The Morgan fingerprint density at radius 3 is 2.53 bits per heavy atom. The van der Waals surface area contributed by atoms with Crippen LogP contribution in [0.2, 0.25) is 0 Å². The Kier molecular flexibility index (Phi) is 4.09. The molecule has 6 heteroatoms. The smallest absolute Gasteiger partial charge is 0.224 e. The Labute approximate surface area is 109 Å². The van der Waals surface area contributed by atoms with Gasteiger partial charge in [-0.05, 0) is 18.8 Å². The summed E-state index contributed by atoms with van der Waals surface area (Å²) < 4.78 is 39.0.